The zero-order chi connectivity index (χ0) is 18.5. The summed E-state index contributed by atoms with van der Waals surface area (Å²) in [4.78, 5) is 16.3. The zero-order valence-corrected chi connectivity index (χ0v) is 13.8. The molecular weight excluding hydrogens is 344 g/mol. The van der Waals surface area contributed by atoms with E-state index in [2.05, 4.69) is 9.73 Å². The van der Waals surface area contributed by atoms with E-state index in [9.17, 15) is 13.6 Å². The van der Waals surface area contributed by atoms with E-state index in [0.717, 1.165) is 0 Å². The Morgan fingerprint density at radius 2 is 2.00 bits per heavy atom. The van der Waals surface area contributed by atoms with Crippen LogP contribution in [0.3, 0.4) is 0 Å². The summed E-state index contributed by atoms with van der Waals surface area (Å²) in [6.07, 6.45) is 1.56. The number of alkyl halides is 2. The molecule has 134 valence electrons. The summed E-state index contributed by atoms with van der Waals surface area (Å²) in [6, 6.07) is 13.0. The van der Waals surface area contributed by atoms with Crippen molar-refractivity contribution in [3.8, 4) is 11.5 Å². The Bertz CT molecular complexity index is 877. The second-order valence-corrected chi connectivity index (χ2v) is 5.21. The van der Waals surface area contributed by atoms with Gasteiger partial charge in [0, 0.05) is 11.1 Å². The molecule has 0 radical (unpaired) electrons. The molecule has 3 rings (SSSR count). The van der Waals surface area contributed by atoms with E-state index < -0.39 is 12.6 Å². The lowest BCUT2D eigenvalue weighted by molar-refractivity contribution is -0.129. The topological polar surface area (TPSA) is 57.1 Å². The minimum Gasteiger partial charge on any atom is -0.493 e. The summed E-state index contributed by atoms with van der Waals surface area (Å²) < 4.78 is 39.7. The third-order valence-electron chi connectivity index (χ3n) is 3.44. The molecule has 0 amide bonds. The molecule has 1 aliphatic rings. The Kier molecular flexibility index (Phi) is 5.26. The molecule has 1 heterocycles. The van der Waals surface area contributed by atoms with E-state index in [1.807, 2.05) is 19.1 Å². The van der Waals surface area contributed by atoms with Gasteiger partial charge in [-0.25, -0.2) is 9.79 Å². The lowest BCUT2D eigenvalue weighted by Gasteiger charge is -2.06. The van der Waals surface area contributed by atoms with Gasteiger partial charge in [0.2, 0.25) is 5.90 Å². The fourth-order valence-corrected chi connectivity index (χ4v) is 2.37. The van der Waals surface area contributed by atoms with Gasteiger partial charge in [0.25, 0.3) is 0 Å². The van der Waals surface area contributed by atoms with E-state index in [0.29, 0.717) is 23.5 Å². The van der Waals surface area contributed by atoms with Gasteiger partial charge in [-0.2, -0.15) is 8.78 Å². The Labute approximate surface area is 148 Å². The molecule has 0 saturated carbocycles. The maximum Gasteiger partial charge on any atom is 0.387 e. The van der Waals surface area contributed by atoms with Crippen molar-refractivity contribution in [2.24, 2.45) is 4.99 Å². The largest absolute Gasteiger partial charge is 0.493 e. The average Bonchev–Trinajstić information content (AvgIpc) is 2.97. The summed E-state index contributed by atoms with van der Waals surface area (Å²) in [5, 5.41) is 0. The molecule has 7 heteroatoms. The molecule has 0 unspecified atom stereocenters. The van der Waals surface area contributed by atoms with Gasteiger partial charge in [-0.1, -0.05) is 24.3 Å². The van der Waals surface area contributed by atoms with E-state index in [-0.39, 0.29) is 17.3 Å². The lowest BCUT2D eigenvalue weighted by atomic mass is 10.1. The second kappa shape index (κ2) is 7.77. The van der Waals surface area contributed by atoms with Crippen LogP contribution in [0.15, 0.2) is 59.2 Å². The Balaban J connectivity index is 1.90. The van der Waals surface area contributed by atoms with Crippen molar-refractivity contribution in [1.82, 2.24) is 0 Å². The van der Waals surface area contributed by atoms with Gasteiger partial charge in [-0.15, -0.1) is 0 Å². The van der Waals surface area contributed by atoms with E-state index in [4.69, 9.17) is 9.47 Å². The molecule has 0 saturated heterocycles. The molecule has 1 aliphatic heterocycles. The number of carbonyl (C=O) groups is 1. The number of rotatable bonds is 6. The third-order valence-corrected chi connectivity index (χ3v) is 3.44. The predicted octanol–water partition coefficient (Wildman–Crippen LogP) is 4.03. The summed E-state index contributed by atoms with van der Waals surface area (Å²) in [7, 11) is 0. The fraction of sp³-hybridized carbons (Fsp3) is 0.158. The molecule has 5 nitrogen and oxygen atoms in total. The van der Waals surface area contributed by atoms with Crippen molar-refractivity contribution in [3.05, 3.63) is 65.4 Å². The van der Waals surface area contributed by atoms with Gasteiger partial charge in [-0.3, -0.25) is 0 Å². The van der Waals surface area contributed by atoms with Crippen LogP contribution < -0.4 is 9.47 Å². The molecule has 0 spiro atoms. The number of halogens is 2. The molecule has 0 bridgehead atoms. The van der Waals surface area contributed by atoms with Crippen molar-refractivity contribution < 1.29 is 27.8 Å². The number of aliphatic imine (C=N–C) groups is 1. The molecule has 0 aromatic heterocycles. The number of benzene rings is 2. The maximum absolute atomic E-state index is 12.3. The molecule has 0 aliphatic carbocycles. The average molecular weight is 359 g/mol. The van der Waals surface area contributed by atoms with Crippen LogP contribution in [0.25, 0.3) is 6.08 Å². The van der Waals surface area contributed by atoms with Gasteiger partial charge in [0.15, 0.2) is 5.70 Å². The number of nitrogens with zero attached hydrogens (tertiary/aromatic N) is 1. The van der Waals surface area contributed by atoms with Gasteiger partial charge < -0.3 is 14.2 Å². The van der Waals surface area contributed by atoms with Gasteiger partial charge in [-0.05, 0) is 37.3 Å². The number of ether oxygens (including phenoxy) is 3. The Morgan fingerprint density at radius 1 is 1.19 bits per heavy atom. The van der Waals surface area contributed by atoms with Crippen molar-refractivity contribution >= 4 is 17.9 Å². The van der Waals surface area contributed by atoms with Crippen LogP contribution in [0.5, 0.6) is 11.5 Å². The van der Waals surface area contributed by atoms with E-state index in [1.54, 1.807) is 24.3 Å². The highest BCUT2D eigenvalue weighted by Gasteiger charge is 2.25. The minimum atomic E-state index is -2.94. The summed E-state index contributed by atoms with van der Waals surface area (Å²) in [5.41, 5.74) is 1.13. The monoisotopic (exact) mass is 359 g/mol. The number of carbonyl (C=O) groups excluding carboxylic acids is 1. The normalized spacial score (nSPS) is 15.2. The highest BCUT2D eigenvalue weighted by atomic mass is 19.3. The van der Waals surface area contributed by atoms with Crippen molar-refractivity contribution in [2.45, 2.75) is 13.5 Å². The fourth-order valence-electron chi connectivity index (χ4n) is 2.37. The standard InChI is InChI=1S/C19H15F2NO4/c1-2-24-16-9-4-3-6-12(16)11-15-18(23)26-17(22-15)13-7-5-8-14(10-13)25-19(20)21/h3-11,19H,2H2,1H3/b15-11-. The van der Waals surface area contributed by atoms with Gasteiger partial charge >= 0.3 is 12.6 Å². The van der Waals surface area contributed by atoms with Crippen molar-refractivity contribution in [2.75, 3.05) is 6.61 Å². The lowest BCUT2D eigenvalue weighted by Crippen LogP contribution is -2.07. The summed E-state index contributed by atoms with van der Waals surface area (Å²) in [5.74, 6) is -0.0389. The highest BCUT2D eigenvalue weighted by molar-refractivity contribution is 6.13. The first-order valence-electron chi connectivity index (χ1n) is 7.86. The smallest absolute Gasteiger partial charge is 0.387 e. The minimum absolute atomic E-state index is 0.0230. The number of hydrogen-bond acceptors (Lipinski definition) is 5. The molecule has 0 fully saturated rings. The maximum atomic E-state index is 12.3. The highest BCUT2D eigenvalue weighted by Crippen LogP contribution is 2.25. The second-order valence-electron chi connectivity index (χ2n) is 5.21. The number of cyclic esters (lactones) is 1. The third kappa shape index (κ3) is 4.05. The van der Waals surface area contributed by atoms with Gasteiger partial charge in [0.1, 0.15) is 11.5 Å². The molecular formula is C19H15F2NO4. The quantitative estimate of drug-likeness (QED) is 0.577. The predicted molar refractivity (Wildman–Crippen MR) is 91.3 cm³/mol. The van der Waals surface area contributed by atoms with Gasteiger partial charge in [0.05, 0.1) is 6.61 Å². The van der Waals surface area contributed by atoms with Crippen LogP contribution in [0.2, 0.25) is 0 Å². The molecule has 26 heavy (non-hydrogen) atoms. The van der Waals surface area contributed by atoms with E-state index in [1.165, 1.54) is 18.2 Å². The summed E-state index contributed by atoms with van der Waals surface area (Å²) >= 11 is 0. The molecule has 2 aromatic carbocycles. The van der Waals surface area contributed by atoms with Crippen molar-refractivity contribution in [1.29, 1.82) is 0 Å². The van der Waals surface area contributed by atoms with Crippen LogP contribution in [-0.2, 0) is 9.53 Å². The SMILES string of the molecule is CCOc1ccccc1/C=C1\N=C(c2cccc(OC(F)F)c2)OC1=O. The first kappa shape index (κ1) is 17.6. The van der Waals surface area contributed by atoms with Crippen LogP contribution >= 0.6 is 0 Å². The van der Waals surface area contributed by atoms with E-state index >= 15 is 0 Å². The summed E-state index contributed by atoms with van der Waals surface area (Å²) in [6.45, 7) is -0.599. The first-order chi connectivity index (χ1) is 12.6. The molecule has 0 N–H and O–H groups in total. The van der Waals surface area contributed by atoms with Crippen molar-refractivity contribution in [3.63, 3.8) is 0 Å². The van der Waals surface area contributed by atoms with Crippen LogP contribution in [0.4, 0.5) is 8.78 Å². The number of esters is 1. The molecule has 0 atom stereocenters. The number of hydrogen-bond donors (Lipinski definition) is 0. The Hall–Kier alpha value is -3.22. The van der Waals surface area contributed by atoms with Crippen LogP contribution in [0.1, 0.15) is 18.1 Å². The van der Waals surface area contributed by atoms with Crippen LogP contribution in [-0.4, -0.2) is 25.1 Å². The first-order valence-corrected chi connectivity index (χ1v) is 7.86. The zero-order valence-electron chi connectivity index (χ0n) is 13.8. The Morgan fingerprint density at radius 3 is 2.77 bits per heavy atom. The van der Waals surface area contributed by atoms with Crippen LogP contribution in [0, 0.1) is 0 Å². The molecule has 2 aromatic rings. The number of para-hydroxylation sites is 1.